The quantitative estimate of drug-likeness (QED) is 0.435. The number of piperazine rings is 1. The summed E-state index contributed by atoms with van der Waals surface area (Å²) >= 11 is 0. The molecule has 0 bridgehead atoms. The Kier molecular flexibility index (Phi) is 9.92. The minimum Gasteiger partial charge on any atom is -0.497 e. The summed E-state index contributed by atoms with van der Waals surface area (Å²) in [4.78, 5) is 40.0. The Bertz CT molecular complexity index is 1260. The van der Waals surface area contributed by atoms with Crippen LogP contribution >= 0.6 is 0 Å². The summed E-state index contributed by atoms with van der Waals surface area (Å²) in [6, 6.07) is 10.3. The highest BCUT2D eigenvalue weighted by Crippen LogP contribution is 2.23. The summed E-state index contributed by atoms with van der Waals surface area (Å²) in [5, 5.41) is 2.66. The van der Waals surface area contributed by atoms with Crippen molar-refractivity contribution in [2.75, 3.05) is 47.0 Å². The van der Waals surface area contributed by atoms with Gasteiger partial charge < -0.3 is 24.4 Å². The van der Waals surface area contributed by atoms with Gasteiger partial charge in [-0.05, 0) is 37.1 Å². The summed E-state index contributed by atoms with van der Waals surface area (Å²) in [6.07, 6.45) is 0. The van der Waals surface area contributed by atoms with Gasteiger partial charge in [-0.25, -0.2) is 13.2 Å². The van der Waals surface area contributed by atoms with Crippen molar-refractivity contribution in [2.24, 2.45) is 5.92 Å². The highest BCUT2D eigenvalue weighted by molar-refractivity contribution is 7.89. The first-order valence-electron chi connectivity index (χ1n) is 12.5. The Morgan fingerprint density at radius 2 is 1.49 bits per heavy atom. The predicted molar refractivity (Wildman–Crippen MR) is 143 cm³/mol. The van der Waals surface area contributed by atoms with E-state index < -0.39 is 40.5 Å². The van der Waals surface area contributed by atoms with E-state index in [2.05, 4.69) is 5.32 Å². The largest absolute Gasteiger partial charge is 0.497 e. The van der Waals surface area contributed by atoms with Gasteiger partial charge in [-0.2, -0.15) is 4.31 Å². The fraction of sp³-hybridized carbons (Fsp3) is 0.444. The SMILES string of the molecule is COc1cc(OC)cc(C(=O)N[C@H](C(=O)OCC(=O)N2CCN(S(=O)(=O)c3ccc(C)cc3)CC2)C(C)C)c1. The maximum absolute atomic E-state index is 12.9. The third kappa shape index (κ3) is 7.48. The van der Waals surface area contributed by atoms with Crippen LogP contribution in [0.3, 0.4) is 0 Å². The monoisotopic (exact) mass is 561 g/mol. The molecule has 1 fully saturated rings. The normalized spacial score (nSPS) is 15.0. The van der Waals surface area contributed by atoms with Crippen molar-refractivity contribution < 1.29 is 37.0 Å². The Balaban J connectivity index is 1.55. The van der Waals surface area contributed by atoms with Gasteiger partial charge in [0, 0.05) is 37.8 Å². The molecular weight excluding hydrogens is 526 g/mol. The molecule has 0 spiro atoms. The Hall–Kier alpha value is -3.64. The van der Waals surface area contributed by atoms with Crippen LogP contribution in [0.1, 0.15) is 29.8 Å². The molecule has 2 aromatic rings. The standard InChI is InChI=1S/C27H35N3O8S/c1-18(2)25(28-26(32)20-14-21(36-4)16-22(15-20)37-5)27(33)38-17-24(31)29-10-12-30(13-11-29)39(34,35)23-8-6-19(3)7-9-23/h6-9,14-16,18,25H,10-13,17H2,1-5H3,(H,28,32)/t25-/m0/s1. The summed E-state index contributed by atoms with van der Waals surface area (Å²) in [6.45, 7) is 5.45. The number of sulfonamides is 1. The number of esters is 1. The lowest BCUT2D eigenvalue weighted by Gasteiger charge is -2.34. The average Bonchev–Trinajstić information content (AvgIpc) is 2.94. The second-order valence-electron chi connectivity index (χ2n) is 9.50. The zero-order valence-electron chi connectivity index (χ0n) is 22.8. The van der Waals surface area contributed by atoms with Crippen molar-refractivity contribution in [3.8, 4) is 11.5 Å². The van der Waals surface area contributed by atoms with Crippen molar-refractivity contribution in [3.05, 3.63) is 53.6 Å². The molecule has 2 amide bonds. The van der Waals surface area contributed by atoms with E-state index in [9.17, 15) is 22.8 Å². The Morgan fingerprint density at radius 1 is 0.923 bits per heavy atom. The molecule has 0 aromatic heterocycles. The van der Waals surface area contributed by atoms with Crippen LogP contribution in [0.15, 0.2) is 47.4 Å². The minimum atomic E-state index is -3.66. The Labute approximate surface area is 229 Å². The zero-order chi connectivity index (χ0) is 28.7. The van der Waals surface area contributed by atoms with Crippen LogP contribution in [-0.4, -0.2) is 88.5 Å². The molecule has 2 aromatic carbocycles. The van der Waals surface area contributed by atoms with Gasteiger partial charge in [0.25, 0.3) is 11.8 Å². The number of amides is 2. The van der Waals surface area contributed by atoms with Crippen molar-refractivity contribution in [1.29, 1.82) is 0 Å². The number of ether oxygens (including phenoxy) is 3. The van der Waals surface area contributed by atoms with E-state index in [0.29, 0.717) is 11.5 Å². The molecule has 1 aliphatic rings. The van der Waals surface area contributed by atoms with E-state index in [1.165, 1.54) is 35.6 Å². The molecule has 12 heteroatoms. The number of nitrogens with zero attached hydrogens (tertiary/aromatic N) is 2. The first-order chi connectivity index (χ1) is 18.5. The number of rotatable bonds is 10. The van der Waals surface area contributed by atoms with Gasteiger partial charge in [-0.3, -0.25) is 9.59 Å². The number of aryl methyl sites for hydroxylation is 1. The lowest BCUT2D eigenvalue weighted by Crippen LogP contribution is -2.52. The van der Waals surface area contributed by atoms with Crippen molar-refractivity contribution in [2.45, 2.75) is 31.7 Å². The van der Waals surface area contributed by atoms with E-state index in [-0.39, 0.29) is 42.6 Å². The molecule has 11 nitrogen and oxygen atoms in total. The second kappa shape index (κ2) is 12.9. The summed E-state index contributed by atoms with van der Waals surface area (Å²) < 4.78 is 42.8. The highest BCUT2D eigenvalue weighted by Gasteiger charge is 2.32. The Morgan fingerprint density at radius 3 is 2.00 bits per heavy atom. The summed E-state index contributed by atoms with van der Waals surface area (Å²) in [5.74, 6) is -1.20. The lowest BCUT2D eigenvalue weighted by atomic mass is 10.0. The van der Waals surface area contributed by atoms with E-state index in [0.717, 1.165) is 5.56 Å². The maximum atomic E-state index is 12.9. The summed E-state index contributed by atoms with van der Waals surface area (Å²) in [7, 11) is -0.738. The highest BCUT2D eigenvalue weighted by atomic mass is 32.2. The number of carbonyl (C=O) groups excluding carboxylic acids is 3. The van der Waals surface area contributed by atoms with Crippen LogP contribution in [0.4, 0.5) is 0 Å². The summed E-state index contributed by atoms with van der Waals surface area (Å²) in [5.41, 5.74) is 1.19. The molecule has 0 radical (unpaired) electrons. The molecule has 0 unspecified atom stereocenters. The zero-order valence-corrected chi connectivity index (χ0v) is 23.6. The van der Waals surface area contributed by atoms with Gasteiger partial charge in [-0.15, -0.1) is 0 Å². The van der Waals surface area contributed by atoms with Crippen LogP contribution in [0.5, 0.6) is 11.5 Å². The number of hydrogen-bond donors (Lipinski definition) is 1. The van der Waals surface area contributed by atoms with Crippen LogP contribution in [0, 0.1) is 12.8 Å². The van der Waals surface area contributed by atoms with Crippen LogP contribution in [-0.2, 0) is 24.3 Å². The van der Waals surface area contributed by atoms with Gasteiger partial charge in [-0.1, -0.05) is 31.5 Å². The smallest absolute Gasteiger partial charge is 0.329 e. The molecule has 1 aliphatic heterocycles. The number of hydrogen-bond acceptors (Lipinski definition) is 8. The fourth-order valence-corrected chi connectivity index (χ4v) is 5.43. The fourth-order valence-electron chi connectivity index (χ4n) is 4.01. The maximum Gasteiger partial charge on any atom is 0.329 e. The molecular formula is C27H35N3O8S. The molecule has 212 valence electrons. The first-order valence-corrected chi connectivity index (χ1v) is 14.0. The van der Waals surface area contributed by atoms with Crippen molar-refractivity contribution in [3.63, 3.8) is 0 Å². The van der Waals surface area contributed by atoms with Crippen molar-refractivity contribution in [1.82, 2.24) is 14.5 Å². The van der Waals surface area contributed by atoms with Crippen LogP contribution in [0.25, 0.3) is 0 Å². The molecule has 1 atom stereocenters. The minimum absolute atomic E-state index is 0.130. The van der Waals surface area contributed by atoms with Crippen LogP contribution < -0.4 is 14.8 Å². The van der Waals surface area contributed by atoms with Gasteiger partial charge in [0.05, 0.1) is 19.1 Å². The van der Waals surface area contributed by atoms with E-state index in [1.54, 1.807) is 44.2 Å². The van der Waals surface area contributed by atoms with Crippen molar-refractivity contribution >= 4 is 27.8 Å². The molecule has 1 saturated heterocycles. The topological polar surface area (TPSA) is 132 Å². The number of carbonyl (C=O) groups is 3. The van der Waals surface area contributed by atoms with E-state index >= 15 is 0 Å². The number of benzene rings is 2. The molecule has 0 aliphatic carbocycles. The van der Waals surface area contributed by atoms with Gasteiger partial charge in [0.15, 0.2) is 6.61 Å². The number of nitrogens with one attached hydrogen (secondary N) is 1. The molecule has 1 N–H and O–H groups in total. The average molecular weight is 562 g/mol. The lowest BCUT2D eigenvalue weighted by molar-refractivity contribution is -0.154. The van der Waals surface area contributed by atoms with Gasteiger partial charge >= 0.3 is 5.97 Å². The van der Waals surface area contributed by atoms with E-state index in [1.807, 2.05) is 6.92 Å². The molecule has 0 saturated carbocycles. The molecule has 1 heterocycles. The van der Waals surface area contributed by atoms with E-state index in [4.69, 9.17) is 14.2 Å². The predicted octanol–water partition coefficient (Wildman–Crippen LogP) is 1.84. The molecule has 3 rings (SSSR count). The third-order valence-corrected chi connectivity index (χ3v) is 8.32. The third-order valence-electron chi connectivity index (χ3n) is 6.41. The number of methoxy groups -OCH3 is 2. The first kappa shape index (κ1) is 29.9. The van der Waals surface area contributed by atoms with Crippen LogP contribution in [0.2, 0.25) is 0 Å². The van der Waals surface area contributed by atoms with Gasteiger partial charge in [0.1, 0.15) is 17.5 Å². The second-order valence-corrected chi connectivity index (χ2v) is 11.4. The molecule has 39 heavy (non-hydrogen) atoms. The van der Waals surface area contributed by atoms with Gasteiger partial charge in [0.2, 0.25) is 10.0 Å².